The number of pyridine rings is 1. The topological polar surface area (TPSA) is 91.5 Å². The van der Waals surface area contributed by atoms with Gasteiger partial charge >= 0.3 is 0 Å². The molecule has 0 spiro atoms. The third-order valence-corrected chi connectivity index (χ3v) is 3.88. The number of carbonyl (C=O) groups excluding carboxylic acids is 1. The number of rotatable bonds is 3. The van der Waals surface area contributed by atoms with Crippen LogP contribution in [0, 0.1) is 24.1 Å². The van der Waals surface area contributed by atoms with Crippen LogP contribution in [0.15, 0.2) is 41.5 Å². The Morgan fingerprint density at radius 2 is 2.08 bits per heavy atom. The molecule has 0 aliphatic rings. The lowest BCUT2D eigenvalue weighted by Crippen LogP contribution is -2.17. The second-order valence-electron chi connectivity index (χ2n) is 5.55. The van der Waals surface area contributed by atoms with Crippen molar-refractivity contribution in [2.75, 3.05) is 0 Å². The highest BCUT2D eigenvalue weighted by atomic mass is 19.1. The number of Topliss-reactive ketones (excluding diaryl/α,β-unsaturated/α-hetero) is 1. The van der Waals surface area contributed by atoms with Gasteiger partial charge in [0.05, 0.1) is 11.1 Å². The minimum Gasteiger partial charge on any atom is -0.296 e. The maximum atomic E-state index is 13.9. The average molecular weight is 336 g/mol. The van der Waals surface area contributed by atoms with Gasteiger partial charge in [0.1, 0.15) is 11.9 Å². The first-order valence-electron chi connectivity index (χ1n) is 7.40. The number of nitrogens with zero attached hydrogens (tertiary/aromatic N) is 3. The zero-order valence-electron chi connectivity index (χ0n) is 13.5. The summed E-state index contributed by atoms with van der Waals surface area (Å²) in [7, 11) is 0. The Balaban J connectivity index is 2.08. The molecule has 0 unspecified atom stereocenters. The summed E-state index contributed by atoms with van der Waals surface area (Å²) in [5.41, 5.74) is 1.23. The van der Waals surface area contributed by atoms with Crippen LogP contribution in [-0.2, 0) is 0 Å². The van der Waals surface area contributed by atoms with Crippen molar-refractivity contribution in [1.82, 2.24) is 14.8 Å². The highest BCUT2D eigenvalue weighted by Crippen LogP contribution is 2.23. The van der Waals surface area contributed by atoms with Crippen LogP contribution in [0.5, 0.6) is 0 Å². The summed E-state index contributed by atoms with van der Waals surface area (Å²) in [6, 6.07) is 7.47. The van der Waals surface area contributed by atoms with Crippen LogP contribution >= 0.6 is 0 Å². The molecule has 0 aliphatic carbocycles. The van der Waals surface area contributed by atoms with Crippen LogP contribution in [-0.4, -0.2) is 20.5 Å². The number of nitriles is 1. The number of hydrogen-bond acceptors (Lipinski definition) is 4. The monoisotopic (exact) mass is 336 g/mol. The molecule has 124 valence electrons. The van der Waals surface area contributed by atoms with E-state index in [4.69, 9.17) is 5.26 Å². The van der Waals surface area contributed by atoms with Crippen molar-refractivity contribution in [1.29, 1.82) is 5.26 Å². The summed E-state index contributed by atoms with van der Waals surface area (Å²) in [6.07, 6.45) is 2.84. The Labute approximate surface area is 142 Å². The van der Waals surface area contributed by atoms with Crippen LogP contribution in [0.3, 0.4) is 0 Å². The van der Waals surface area contributed by atoms with Gasteiger partial charge in [-0.1, -0.05) is 0 Å². The van der Waals surface area contributed by atoms with Crippen LogP contribution in [0.2, 0.25) is 0 Å². The van der Waals surface area contributed by atoms with Crippen molar-refractivity contribution in [3.8, 4) is 23.0 Å². The molecule has 1 aromatic carbocycles. The standard InChI is InChI=1S/C18H13FN4O2/c1-10-5-13(7-20)16(19)6-14(10)15-9-22-23(18(15)25)17-4-3-12(8-21-17)11(2)24/h3-6,8-9,22H,1-2H3. The first kappa shape index (κ1) is 16.3. The van der Waals surface area contributed by atoms with E-state index >= 15 is 0 Å². The lowest BCUT2D eigenvalue weighted by atomic mass is 10.0. The summed E-state index contributed by atoms with van der Waals surface area (Å²) in [6.45, 7) is 3.13. The zero-order valence-corrected chi connectivity index (χ0v) is 13.5. The van der Waals surface area contributed by atoms with E-state index in [1.54, 1.807) is 25.1 Å². The number of halogens is 1. The molecule has 0 bridgehead atoms. The third-order valence-electron chi connectivity index (χ3n) is 3.88. The molecule has 0 saturated carbocycles. The SMILES string of the molecule is CC(=O)c1ccc(-n2[nH]cc(-c3cc(F)c(C#N)cc3C)c2=O)nc1. The van der Waals surface area contributed by atoms with Gasteiger partial charge in [-0.15, -0.1) is 0 Å². The second-order valence-corrected chi connectivity index (χ2v) is 5.55. The predicted octanol–water partition coefficient (Wildman–Crippen LogP) is 2.75. The summed E-state index contributed by atoms with van der Waals surface area (Å²) in [5.74, 6) is -0.491. The lowest BCUT2D eigenvalue weighted by Gasteiger charge is -2.04. The molecule has 0 fully saturated rings. The van der Waals surface area contributed by atoms with Gasteiger partial charge in [0, 0.05) is 18.0 Å². The van der Waals surface area contributed by atoms with E-state index in [2.05, 4.69) is 10.1 Å². The van der Waals surface area contributed by atoms with E-state index in [1.165, 1.54) is 36.1 Å². The summed E-state index contributed by atoms with van der Waals surface area (Å²) in [5, 5.41) is 11.7. The molecule has 6 nitrogen and oxygen atoms in total. The molecular weight excluding hydrogens is 323 g/mol. The smallest absolute Gasteiger partial charge is 0.280 e. The van der Waals surface area contributed by atoms with Gasteiger partial charge in [0.2, 0.25) is 0 Å². The number of H-pyrrole nitrogens is 1. The molecule has 3 aromatic rings. The Hall–Kier alpha value is -3.53. The van der Waals surface area contributed by atoms with E-state index in [0.29, 0.717) is 22.5 Å². The molecule has 2 heterocycles. The first-order chi connectivity index (χ1) is 11.9. The van der Waals surface area contributed by atoms with Crippen molar-refractivity contribution in [2.24, 2.45) is 0 Å². The van der Waals surface area contributed by atoms with E-state index in [9.17, 15) is 14.0 Å². The maximum Gasteiger partial charge on any atom is 0.280 e. The Bertz CT molecular complexity index is 1070. The zero-order chi connectivity index (χ0) is 18.1. The molecule has 0 radical (unpaired) electrons. The fraction of sp³-hybridized carbons (Fsp3) is 0.111. The quantitative estimate of drug-likeness (QED) is 0.745. The molecule has 7 heteroatoms. The third kappa shape index (κ3) is 2.85. The number of hydrogen-bond donors (Lipinski definition) is 1. The van der Waals surface area contributed by atoms with Gasteiger partial charge < -0.3 is 0 Å². The number of benzene rings is 1. The number of nitrogens with one attached hydrogen (secondary N) is 1. The van der Waals surface area contributed by atoms with Gasteiger partial charge in [-0.25, -0.2) is 14.1 Å². The average Bonchev–Trinajstić information content (AvgIpc) is 2.98. The molecular formula is C18H13FN4O2. The molecule has 2 aromatic heterocycles. The number of aromatic amines is 1. The van der Waals surface area contributed by atoms with Crippen molar-refractivity contribution >= 4 is 5.78 Å². The first-order valence-corrected chi connectivity index (χ1v) is 7.40. The van der Waals surface area contributed by atoms with Crippen LogP contribution < -0.4 is 5.56 Å². The minimum absolute atomic E-state index is 0.0707. The Morgan fingerprint density at radius 1 is 1.32 bits per heavy atom. The minimum atomic E-state index is -0.681. The lowest BCUT2D eigenvalue weighted by molar-refractivity contribution is 0.101. The van der Waals surface area contributed by atoms with Crippen molar-refractivity contribution in [3.63, 3.8) is 0 Å². The molecule has 1 N–H and O–H groups in total. The highest BCUT2D eigenvalue weighted by Gasteiger charge is 2.15. The predicted molar refractivity (Wildman–Crippen MR) is 89.0 cm³/mol. The summed E-state index contributed by atoms with van der Waals surface area (Å²) in [4.78, 5) is 28.0. The normalized spacial score (nSPS) is 10.5. The van der Waals surface area contributed by atoms with Crippen molar-refractivity contribution in [2.45, 2.75) is 13.8 Å². The van der Waals surface area contributed by atoms with E-state index in [0.717, 1.165) is 0 Å². The van der Waals surface area contributed by atoms with E-state index in [1.807, 2.05) is 0 Å². The van der Waals surface area contributed by atoms with E-state index < -0.39 is 11.4 Å². The molecule has 3 rings (SSSR count). The van der Waals surface area contributed by atoms with Gasteiger partial charge in [-0.05, 0) is 49.2 Å². The van der Waals surface area contributed by atoms with Crippen LogP contribution in [0.4, 0.5) is 4.39 Å². The second kappa shape index (κ2) is 6.17. The number of ketones is 1. The molecule has 0 aliphatic heterocycles. The molecule has 0 atom stereocenters. The number of carbonyl (C=O) groups is 1. The molecule has 0 amide bonds. The van der Waals surface area contributed by atoms with Crippen LogP contribution in [0.25, 0.3) is 16.9 Å². The fourth-order valence-corrected chi connectivity index (χ4v) is 2.52. The summed E-state index contributed by atoms with van der Waals surface area (Å²) < 4.78 is 15.1. The molecule has 25 heavy (non-hydrogen) atoms. The van der Waals surface area contributed by atoms with E-state index in [-0.39, 0.29) is 16.9 Å². The van der Waals surface area contributed by atoms with Crippen molar-refractivity contribution in [3.05, 3.63) is 69.5 Å². The van der Waals surface area contributed by atoms with Gasteiger partial charge in [-0.3, -0.25) is 14.7 Å². The van der Waals surface area contributed by atoms with Crippen LogP contribution in [0.1, 0.15) is 28.4 Å². The Morgan fingerprint density at radius 3 is 2.68 bits per heavy atom. The number of aryl methyl sites for hydroxylation is 1. The highest BCUT2D eigenvalue weighted by molar-refractivity contribution is 5.93. The summed E-state index contributed by atoms with van der Waals surface area (Å²) >= 11 is 0. The van der Waals surface area contributed by atoms with Gasteiger partial charge in [-0.2, -0.15) is 5.26 Å². The Kier molecular flexibility index (Phi) is 4.03. The molecule has 0 saturated heterocycles. The number of aromatic nitrogens is 3. The maximum absolute atomic E-state index is 13.9. The van der Waals surface area contributed by atoms with Gasteiger partial charge in [0.15, 0.2) is 11.6 Å². The van der Waals surface area contributed by atoms with Gasteiger partial charge in [0.25, 0.3) is 5.56 Å². The van der Waals surface area contributed by atoms with Crippen molar-refractivity contribution < 1.29 is 9.18 Å². The fourth-order valence-electron chi connectivity index (χ4n) is 2.52. The largest absolute Gasteiger partial charge is 0.296 e.